The first-order chi connectivity index (χ1) is 21.4. The molecule has 220 valence electrons. The molecule has 0 N–H and O–H groups in total. The first-order valence-electron chi connectivity index (χ1n) is 14.0. The van der Waals surface area contributed by atoms with E-state index in [-0.39, 0.29) is 29.8 Å². The first-order valence-corrected chi connectivity index (χ1v) is 15.9. The molecule has 1 aliphatic heterocycles. The third-order valence-corrected chi connectivity index (χ3v) is 9.72. The SMILES string of the molecule is COc1cc(/C=c2/sc3n(c2=O)[C@H](c2ccc(F)cc2)C2=C(N=3)c3ccccc3CC2)cc(I)c1OCc1ccccc1F. The lowest BCUT2D eigenvalue weighted by Gasteiger charge is -2.30. The zero-order chi connectivity index (χ0) is 30.4. The maximum atomic E-state index is 14.2. The third-order valence-electron chi connectivity index (χ3n) is 7.94. The summed E-state index contributed by atoms with van der Waals surface area (Å²) >= 11 is 3.48. The number of allylic oxidation sites excluding steroid dienone is 1. The number of nitrogens with zero attached hydrogens (tertiary/aromatic N) is 2. The van der Waals surface area contributed by atoms with E-state index in [9.17, 15) is 13.6 Å². The monoisotopic (exact) mass is 718 g/mol. The molecule has 0 radical (unpaired) electrons. The average molecular weight is 719 g/mol. The second kappa shape index (κ2) is 11.8. The van der Waals surface area contributed by atoms with Gasteiger partial charge in [-0.25, -0.2) is 13.8 Å². The van der Waals surface area contributed by atoms with E-state index in [0.29, 0.717) is 26.4 Å². The van der Waals surface area contributed by atoms with Gasteiger partial charge in [0.25, 0.3) is 5.56 Å². The van der Waals surface area contributed by atoms with Crippen molar-refractivity contribution in [1.82, 2.24) is 4.57 Å². The summed E-state index contributed by atoms with van der Waals surface area (Å²) in [6.45, 7) is 0.0498. The molecule has 0 fully saturated rings. The summed E-state index contributed by atoms with van der Waals surface area (Å²) in [5.74, 6) is 0.313. The molecular weight excluding hydrogens is 693 g/mol. The molecule has 5 nitrogen and oxygen atoms in total. The van der Waals surface area contributed by atoms with Crippen molar-refractivity contribution in [2.24, 2.45) is 4.99 Å². The highest BCUT2D eigenvalue weighted by Gasteiger charge is 2.32. The minimum Gasteiger partial charge on any atom is -0.493 e. The predicted octanol–water partition coefficient (Wildman–Crippen LogP) is 6.79. The third kappa shape index (κ3) is 5.17. The smallest absolute Gasteiger partial charge is 0.271 e. The number of hydrogen-bond acceptors (Lipinski definition) is 5. The van der Waals surface area contributed by atoms with Gasteiger partial charge in [-0.05, 0) is 94.1 Å². The van der Waals surface area contributed by atoms with Crippen LogP contribution in [0.15, 0.2) is 100 Å². The number of rotatable bonds is 6. The second-order valence-corrected chi connectivity index (χ2v) is 12.8. The molecule has 1 aliphatic carbocycles. The summed E-state index contributed by atoms with van der Waals surface area (Å²) in [5.41, 5.74) is 6.12. The molecule has 0 saturated carbocycles. The maximum absolute atomic E-state index is 14.2. The van der Waals surface area contributed by atoms with Crippen LogP contribution in [0.3, 0.4) is 0 Å². The topological polar surface area (TPSA) is 52.8 Å². The van der Waals surface area contributed by atoms with Gasteiger partial charge in [0, 0.05) is 11.1 Å². The zero-order valence-corrected chi connectivity index (χ0v) is 26.5. The van der Waals surface area contributed by atoms with Crippen LogP contribution in [-0.4, -0.2) is 11.7 Å². The Morgan fingerprint density at radius 1 is 1.02 bits per heavy atom. The van der Waals surface area contributed by atoms with Crippen molar-refractivity contribution in [3.63, 3.8) is 0 Å². The molecule has 0 bridgehead atoms. The number of aryl methyl sites for hydroxylation is 1. The van der Waals surface area contributed by atoms with E-state index in [4.69, 9.17) is 14.5 Å². The Balaban J connectivity index is 1.33. The van der Waals surface area contributed by atoms with Gasteiger partial charge in [0.1, 0.15) is 18.2 Å². The molecule has 1 atom stereocenters. The minimum atomic E-state index is -0.388. The molecule has 0 unspecified atom stereocenters. The molecule has 7 rings (SSSR count). The fourth-order valence-electron chi connectivity index (χ4n) is 5.85. The van der Waals surface area contributed by atoms with Gasteiger partial charge in [-0.2, -0.15) is 0 Å². The van der Waals surface area contributed by atoms with Crippen LogP contribution in [0.2, 0.25) is 0 Å². The molecule has 9 heteroatoms. The molecule has 1 aromatic heterocycles. The van der Waals surface area contributed by atoms with E-state index >= 15 is 0 Å². The minimum absolute atomic E-state index is 0.0498. The number of methoxy groups -OCH3 is 1. The quantitative estimate of drug-likeness (QED) is 0.182. The second-order valence-electron chi connectivity index (χ2n) is 10.6. The lowest BCUT2D eigenvalue weighted by Crippen LogP contribution is -2.38. The molecule has 0 spiro atoms. The van der Waals surface area contributed by atoms with Crippen molar-refractivity contribution in [1.29, 1.82) is 0 Å². The van der Waals surface area contributed by atoms with Gasteiger partial charge in [-0.1, -0.05) is 65.9 Å². The molecular formula is C35H25F2IN2O3S. The van der Waals surface area contributed by atoms with Crippen molar-refractivity contribution in [3.05, 3.63) is 153 Å². The largest absolute Gasteiger partial charge is 0.493 e. The lowest BCUT2D eigenvalue weighted by atomic mass is 9.83. The van der Waals surface area contributed by atoms with Gasteiger partial charge in [-0.3, -0.25) is 9.36 Å². The van der Waals surface area contributed by atoms with E-state index in [1.807, 2.05) is 24.3 Å². The Morgan fingerprint density at radius 2 is 1.80 bits per heavy atom. The van der Waals surface area contributed by atoms with Gasteiger partial charge in [-0.15, -0.1) is 0 Å². The number of thiazole rings is 1. The van der Waals surface area contributed by atoms with E-state index in [2.05, 4.69) is 34.7 Å². The lowest BCUT2D eigenvalue weighted by molar-refractivity contribution is 0.277. The van der Waals surface area contributed by atoms with Crippen LogP contribution in [0.4, 0.5) is 8.78 Å². The summed E-state index contributed by atoms with van der Waals surface area (Å²) in [5, 5.41) is 0. The Labute approximate surface area is 269 Å². The Kier molecular flexibility index (Phi) is 7.67. The van der Waals surface area contributed by atoms with Crippen LogP contribution in [0.1, 0.15) is 40.3 Å². The average Bonchev–Trinajstić information content (AvgIpc) is 3.34. The first kappa shape index (κ1) is 28.7. The van der Waals surface area contributed by atoms with Crippen molar-refractivity contribution in [2.45, 2.75) is 25.5 Å². The highest BCUT2D eigenvalue weighted by atomic mass is 127. The van der Waals surface area contributed by atoms with Crippen LogP contribution in [0.25, 0.3) is 11.8 Å². The van der Waals surface area contributed by atoms with E-state index in [1.165, 1.54) is 35.1 Å². The predicted molar refractivity (Wildman–Crippen MR) is 176 cm³/mol. The zero-order valence-electron chi connectivity index (χ0n) is 23.5. The summed E-state index contributed by atoms with van der Waals surface area (Å²) in [4.78, 5) is 19.7. The maximum Gasteiger partial charge on any atom is 0.271 e. The van der Waals surface area contributed by atoms with Crippen LogP contribution in [0, 0.1) is 15.2 Å². The van der Waals surface area contributed by atoms with Gasteiger partial charge >= 0.3 is 0 Å². The number of halogens is 3. The molecule has 0 saturated heterocycles. The highest BCUT2D eigenvalue weighted by molar-refractivity contribution is 14.1. The molecule has 0 amide bonds. The van der Waals surface area contributed by atoms with Crippen molar-refractivity contribution in [2.75, 3.05) is 7.11 Å². The summed E-state index contributed by atoms with van der Waals surface area (Å²) in [6.07, 6.45) is 3.43. The van der Waals surface area contributed by atoms with E-state index in [1.54, 1.807) is 48.1 Å². The fourth-order valence-corrected chi connectivity index (χ4v) is 7.63. The molecule has 2 aliphatic rings. The van der Waals surface area contributed by atoms with E-state index < -0.39 is 0 Å². The van der Waals surface area contributed by atoms with Crippen LogP contribution in [0.5, 0.6) is 11.5 Å². The number of hydrogen-bond donors (Lipinski definition) is 0. The van der Waals surface area contributed by atoms with Gasteiger partial charge in [0.05, 0.1) is 27.0 Å². The van der Waals surface area contributed by atoms with Gasteiger partial charge in [0.2, 0.25) is 0 Å². The molecule has 44 heavy (non-hydrogen) atoms. The highest BCUT2D eigenvalue weighted by Crippen LogP contribution is 2.41. The Hall–Kier alpha value is -4.09. The Morgan fingerprint density at radius 3 is 2.59 bits per heavy atom. The summed E-state index contributed by atoms with van der Waals surface area (Å²) in [7, 11) is 1.55. The number of fused-ring (bicyclic) bond motifs is 3. The van der Waals surface area contributed by atoms with Gasteiger partial charge < -0.3 is 9.47 Å². The molecule has 2 heterocycles. The van der Waals surface area contributed by atoms with Gasteiger partial charge in [0.15, 0.2) is 16.3 Å². The summed E-state index contributed by atoms with van der Waals surface area (Å²) in [6, 6.07) is 24.4. The molecule has 5 aromatic rings. The molecule has 4 aromatic carbocycles. The van der Waals surface area contributed by atoms with Crippen molar-refractivity contribution < 1.29 is 18.3 Å². The van der Waals surface area contributed by atoms with E-state index in [0.717, 1.165) is 44.4 Å². The summed E-state index contributed by atoms with van der Waals surface area (Å²) < 4.78 is 42.7. The van der Waals surface area contributed by atoms with Crippen LogP contribution >= 0.6 is 33.9 Å². The Bertz CT molecular complexity index is 2140. The standard InChI is InChI=1S/C35H25F2IN2O3S/c1-42-29-17-20(16-28(38)33(29)43-19-23-7-3-5-9-27(23)37)18-30-34(41)40-32(22-10-13-24(36)14-11-22)26-15-12-21-6-2-4-8-25(21)31(26)39-35(40)44-30/h2-11,13-14,16-18,32H,12,15,19H2,1H3/b30-18+/t32-/m1/s1. The van der Waals surface area contributed by atoms with Crippen LogP contribution < -0.4 is 24.4 Å². The number of aromatic nitrogens is 1. The van der Waals surface area contributed by atoms with Crippen LogP contribution in [-0.2, 0) is 13.0 Å². The van der Waals surface area contributed by atoms with Crippen molar-refractivity contribution >= 4 is 45.7 Å². The number of ether oxygens (including phenoxy) is 2. The normalized spacial score (nSPS) is 15.7. The fraction of sp³-hybridized carbons (Fsp3) is 0.143. The van der Waals surface area contributed by atoms with Crippen molar-refractivity contribution in [3.8, 4) is 11.5 Å². The number of benzene rings is 4.